The maximum atomic E-state index is 6.33. The Balaban J connectivity index is 1.72. The van der Waals surface area contributed by atoms with Crippen molar-refractivity contribution in [3.63, 3.8) is 0 Å². The zero-order chi connectivity index (χ0) is 17.4. The van der Waals surface area contributed by atoms with Gasteiger partial charge in [-0.3, -0.25) is 0 Å². The van der Waals surface area contributed by atoms with Crippen LogP contribution in [0.25, 0.3) is 0 Å². The topological polar surface area (TPSA) is 27.7 Å². The molecule has 3 heteroatoms. The summed E-state index contributed by atoms with van der Waals surface area (Å²) in [6, 6.07) is 14.9. The number of benzene rings is 2. The second-order valence-electron chi connectivity index (χ2n) is 7.22. The second-order valence-corrected chi connectivity index (χ2v) is 7.22. The molecule has 2 aromatic carbocycles. The van der Waals surface area contributed by atoms with Gasteiger partial charge < -0.3 is 14.2 Å². The van der Waals surface area contributed by atoms with Crippen LogP contribution in [0.2, 0.25) is 0 Å². The van der Waals surface area contributed by atoms with Gasteiger partial charge in [-0.05, 0) is 48.8 Å². The third kappa shape index (κ3) is 3.02. The van der Waals surface area contributed by atoms with Gasteiger partial charge in [0.1, 0.15) is 0 Å². The molecule has 4 rings (SSSR count). The van der Waals surface area contributed by atoms with Crippen molar-refractivity contribution in [3.05, 3.63) is 59.2 Å². The van der Waals surface area contributed by atoms with Gasteiger partial charge in [0.15, 0.2) is 11.5 Å². The van der Waals surface area contributed by atoms with Gasteiger partial charge in [-0.15, -0.1) is 0 Å². The van der Waals surface area contributed by atoms with Gasteiger partial charge in [-0.1, -0.05) is 43.3 Å². The van der Waals surface area contributed by atoms with Gasteiger partial charge in [0.2, 0.25) is 6.29 Å². The first-order valence-corrected chi connectivity index (χ1v) is 9.28. The molecule has 0 amide bonds. The van der Waals surface area contributed by atoms with Crippen molar-refractivity contribution in [2.24, 2.45) is 5.92 Å². The van der Waals surface area contributed by atoms with Crippen LogP contribution in [0.5, 0.6) is 11.5 Å². The van der Waals surface area contributed by atoms with Crippen molar-refractivity contribution in [1.82, 2.24) is 0 Å². The summed E-state index contributed by atoms with van der Waals surface area (Å²) in [5, 5.41) is 0. The van der Waals surface area contributed by atoms with Crippen molar-refractivity contribution >= 4 is 0 Å². The van der Waals surface area contributed by atoms with Crippen LogP contribution in [-0.4, -0.2) is 12.9 Å². The number of ether oxygens (including phenoxy) is 3. The molecule has 0 aliphatic carbocycles. The SMILES string of the molecule is Cc1ccc2c(c1C1OCCCC1C(C)c1ccccc1)O[C@@H](C)O2. The lowest BCUT2D eigenvalue weighted by Crippen LogP contribution is -2.27. The monoisotopic (exact) mass is 338 g/mol. The minimum atomic E-state index is -0.232. The van der Waals surface area contributed by atoms with Crippen LogP contribution >= 0.6 is 0 Å². The third-order valence-corrected chi connectivity index (χ3v) is 5.57. The zero-order valence-electron chi connectivity index (χ0n) is 15.2. The summed E-state index contributed by atoms with van der Waals surface area (Å²) in [6.45, 7) is 7.21. The summed E-state index contributed by atoms with van der Waals surface area (Å²) < 4.78 is 18.1. The summed E-state index contributed by atoms with van der Waals surface area (Å²) in [7, 11) is 0. The molecule has 0 saturated carbocycles. The Kier molecular flexibility index (Phi) is 4.43. The molecule has 0 spiro atoms. The highest BCUT2D eigenvalue weighted by molar-refractivity contribution is 5.53. The number of aryl methyl sites for hydroxylation is 1. The number of fused-ring (bicyclic) bond motifs is 1. The van der Waals surface area contributed by atoms with E-state index in [1.807, 2.05) is 13.0 Å². The molecule has 0 aromatic heterocycles. The Morgan fingerprint density at radius 2 is 1.84 bits per heavy atom. The molecule has 3 nitrogen and oxygen atoms in total. The van der Waals surface area contributed by atoms with Crippen LogP contribution in [0.3, 0.4) is 0 Å². The molecule has 0 N–H and O–H groups in total. The zero-order valence-corrected chi connectivity index (χ0v) is 15.2. The van der Waals surface area contributed by atoms with E-state index in [9.17, 15) is 0 Å². The van der Waals surface area contributed by atoms with Crippen LogP contribution < -0.4 is 9.47 Å². The van der Waals surface area contributed by atoms with E-state index in [1.54, 1.807) is 0 Å². The summed E-state index contributed by atoms with van der Waals surface area (Å²) in [4.78, 5) is 0. The van der Waals surface area contributed by atoms with Gasteiger partial charge in [0.05, 0.1) is 6.10 Å². The van der Waals surface area contributed by atoms with Crippen molar-refractivity contribution < 1.29 is 14.2 Å². The normalized spacial score (nSPS) is 26.4. The summed E-state index contributed by atoms with van der Waals surface area (Å²) >= 11 is 0. The molecule has 3 unspecified atom stereocenters. The van der Waals surface area contributed by atoms with E-state index in [0.717, 1.165) is 24.5 Å². The molecule has 0 bridgehead atoms. The van der Waals surface area contributed by atoms with E-state index in [2.05, 4.69) is 50.2 Å². The maximum Gasteiger partial charge on any atom is 0.238 e. The molecular formula is C22H26O3. The number of rotatable bonds is 3. The Morgan fingerprint density at radius 3 is 2.64 bits per heavy atom. The molecule has 2 aromatic rings. The number of hydrogen-bond donors (Lipinski definition) is 0. The standard InChI is InChI=1S/C22H26O3/c1-14-11-12-19-22(25-16(3)24-19)20(14)21-18(10-7-13-23-21)15(2)17-8-5-4-6-9-17/h4-6,8-9,11-12,15-16,18,21H,7,10,13H2,1-3H3/t15?,16-,18?,21?/m0/s1. The van der Waals surface area contributed by atoms with Crippen molar-refractivity contribution in [3.8, 4) is 11.5 Å². The molecule has 1 saturated heterocycles. The van der Waals surface area contributed by atoms with Crippen LogP contribution in [0.1, 0.15) is 55.4 Å². The minimum absolute atomic E-state index is 0.0489. The van der Waals surface area contributed by atoms with Gasteiger partial charge in [-0.2, -0.15) is 0 Å². The average molecular weight is 338 g/mol. The molecule has 2 aliphatic heterocycles. The molecule has 1 fully saturated rings. The quantitative estimate of drug-likeness (QED) is 0.751. The summed E-state index contributed by atoms with van der Waals surface area (Å²) in [5.74, 6) is 2.58. The lowest BCUT2D eigenvalue weighted by molar-refractivity contribution is -0.0381. The molecular weight excluding hydrogens is 312 g/mol. The molecule has 25 heavy (non-hydrogen) atoms. The molecule has 4 atom stereocenters. The van der Waals surface area contributed by atoms with Crippen molar-refractivity contribution in [1.29, 1.82) is 0 Å². The Bertz CT molecular complexity index is 740. The minimum Gasteiger partial charge on any atom is -0.451 e. The van der Waals surface area contributed by atoms with Gasteiger partial charge >= 0.3 is 0 Å². The van der Waals surface area contributed by atoms with E-state index < -0.39 is 0 Å². The largest absolute Gasteiger partial charge is 0.451 e. The van der Waals surface area contributed by atoms with Crippen molar-refractivity contribution in [2.75, 3.05) is 6.61 Å². The lowest BCUT2D eigenvalue weighted by atomic mass is 9.76. The Labute approximate surface area is 149 Å². The van der Waals surface area contributed by atoms with E-state index in [1.165, 1.54) is 23.1 Å². The van der Waals surface area contributed by atoms with Gasteiger partial charge in [0.25, 0.3) is 0 Å². The van der Waals surface area contributed by atoms with Crippen LogP contribution in [0, 0.1) is 12.8 Å². The molecule has 0 radical (unpaired) electrons. The van der Waals surface area contributed by atoms with Gasteiger partial charge in [-0.25, -0.2) is 0 Å². The first kappa shape index (κ1) is 16.5. The number of hydrogen-bond acceptors (Lipinski definition) is 3. The fraction of sp³-hybridized carbons (Fsp3) is 0.455. The highest BCUT2D eigenvalue weighted by Crippen LogP contribution is 2.50. The van der Waals surface area contributed by atoms with E-state index in [4.69, 9.17) is 14.2 Å². The van der Waals surface area contributed by atoms with Crippen LogP contribution in [-0.2, 0) is 4.74 Å². The highest BCUT2D eigenvalue weighted by Gasteiger charge is 2.37. The van der Waals surface area contributed by atoms with Crippen molar-refractivity contribution in [2.45, 2.75) is 51.9 Å². The van der Waals surface area contributed by atoms with Crippen LogP contribution in [0.15, 0.2) is 42.5 Å². The second kappa shape index (κ2) is 6.72. The van der Waals surface area contributed by atoms with Crippen LogP contribution in [0.4, 0.5) is 0 Å². The van der Waals surface area contributed by atoms with Gasteiger partial charge in [0, 0.05) is 19.1 Å². The average Bonchev–Trinajstić information content (AvgIpc) is 3.02. The summed E-state index contributed by atoms with van der Waals surface area (Å²) in [5.41, 5.74) is 3.77. The van der Waals surface area contributed by atoms with E-state index in [0.29, 0.717) is 11.8 Å². The predicted molar refractivity (Wildman–Crippen MR) is 98.2 cm³/mol. The smallest absolute Gasteiger partial charge is 0.238 e. The van der Waals surface area contributed by atoms with E-state index in [-0.39, 0.29) is 12.4 Å². The maximum absolute atomic E-state index is 6.33. The molecule has 2 aliphatic rings. The molecule has 2 heterocycles. The summed E-state index contributed by atoms with van der Waals surface area (Å²) in [6.07, 6.45) is 2.09. The lowest BCUT2D eigenvalue weighted by Gasteiger charge is -2.37. The molecule has 132 valence electrons. The Morgan fingerprint density at radius 1 is 1.04 bits per heavy atom. The first-order valence-electron chi connectivity index (χ1n) is 9.28. The predicted octanol–water partition coefficient (Wildman–Crippen LogP) is 5.38. The Hall–Kier alpha value is -2.00. The highest BCUT2D eigenvalue weighted by atomic mass is 16.7. The third-order valence-electron chi connectivity index (χ3n) is 5.57. The fourth-order valence-electron chi connectivity index (χ4n) is 4.23. The first-order chi connectivity index (χ1) is 12.1. The van der Waals surface area contributed by atoms with E-state index >= 15 is 0 Å². The fourth-order valence-corrected chi connectivity index (χ4v) is 4.23.